The summed E-state index contributed by atoms with van der Waals surface area (Å²) in [6, 6.07) is 39.4. The van der Waals surface area contributed by atoms with E-state index in [4.69, 9.17) is 4.42 Å². The maximum Gasteiger partial charge on any atom is 0.143 e. The molecule has 0 saturated heterocycles. The third-order valence-electron chi connectivity index (χ3n) is 7.05. The molecule has 2 heterocycles. The predicted octanol–water partition coefficient (Wildman–Crippen LogP) is 9.93. The van der Waals surface area contributed by atoms with Crippen LogP contribution in [0.4, 0.5) is 0 Å². The monoisotopic (exact) mass is 450 g/mol. The Morgan fingerprint density at radius 2 is 1.21 bits per heavy atom. The molecule has 0 N–H and O–H groups in total. The number of hydrogen-bond donors (Lipinski definition) is 0. The molecule has 158 valence electrons. The lowest BCUT2D eigenvalue weighted by Gasteiger charge is -2.12. The fraction of sp³-hybridized carbons (Fsp3) is 0. The van der Waals surface area contributed by atoms with Gasteiger partial charge in [0.2, 0.25) is 0 Å². The molecule has 2 heteroatoms. The van der Waals surface area contributed by atoms with Gasteiger partial charge in [0.25, 0.3) is 0 Å². The highest BCUT2D eigenvalue weighted by Crippen LogP contribution is 2.44. The Morgan fingerprint density at radius 1 is 0.441 bits per heavy atom. The largest absolute Gasteiger partial charge is 0.455 e. The first-order valence-electron chi connectivity index (χ1n) is 11.5. The molecule has 0 bridgehead atoms. The van der Waals surface area contributed by atoms with Crippen LogP contribution in [0, 0.1) is 0 Å². The average Bonchev–Trinajstić information content (AvgIpc) is 3.45. The van der Waals surface area contributed by atoms with Gasteiger partial charge in [0.05, 0.1) is 0 Å². The first kappa shape index (κ1) is 18.3. The van der Waals surface area contributed by atoms with E-state index in [1.807, 2.05) is 17.4 Å². The van der Waals surface area contributed by atoms with E-state index in [1.54, 1.807) is 0 Å². The smallest absolute Gasteiger partial charge is 0.143 e. The van der Waals surface area contributed by atoms with Crippen molar-refractivity contribution in [1.29, 1.82) is 0 Å². The summed E-state index contributed by atoms with van der Waals surface area (Å²) in [4.78, 5) is 0. The number of para-hydroxylation sites is 2. The number of hydrogen-bond acceptors (Lipinski definition) is 2. The lowest BCUT2D eigenvalue weighted by atomic mass is 9.91. The van der Waals surface area contributed by atoms with Crippen LogP contribution in [0.3, 0.4) is 0 Å². The van der Waals surface area contributed by atoms with Crippen LogP contribution in [0.15, 0.2) is 114 Å². The lowest BCUT2D eigenvalue weighted by Crippen LogP contribution is -1.86. The maximum atomic E-state index is 6.44. The van der Waals surface area contributed by atoms with Crippen LogP contribution in [-0.2, 0) is 0 Å². The minimum atomic E-state index is 0.932. The molecule has 6 aromatic carbocycles. The van der Waals surface area contributed by atoms with Gasteiger partial charge >= 0.3 is 0 Å². The van der Waals surface area contributed by atoms with E-state index in [2.05, 4.69) is 103 Å². The van der Waals surface area contributed by atoms with Crippen LogP contribution >= 0.6 is 11.3 Å². The van der Waals surface area contributed by atoms with Crippen LogP contribution in [0.2, 0.25) is 0 Å². The second-order valence-corrected chi connectivity index (χ2v) is 10.0. The SMILES string of the molecule is c1ccc2c(c1)cc(-c1cccc3c1oc1ccccc13)c1cc3c(cc12)sc1ccccc13. The highest BCUT2D eigenvalue weighted by Gasteiger charge is 2.17. The Bertz CT molecular complexity index is 2070. The van der Waals surface area contributed by atoms with Crippen LogP contribution in [0.1, 0.15) is 0 Å². The van der Waals surface area contributed by atoms with Gasteiger partial charge in [-0.1, -0.05) is 78.9 Å². The molecule has 0 aliphatic carbocycles. The topological polar surface area (TPSA) is 13.1 Å². The van der Waals surface area contributed by atoms with Gasteiger partial charge in [-0.2, -0.15) is 0 Å². The number of rotatable bonds is 1. The average molecular weight is 451 g/mol. The summed E-state index contributed by atoms with van der Waals surface area (Å²) in [5.41, 5.74) is 4.25. The van der Waals surface area contributed by atoms with Gasteiger partial charge in [0, 0.05) is 36.5 Å². The molecule has 0 radical (unpaired) electrons. The first-order valence-corrected chi connectivity index (χ1v) is 12.3. The molecule has 0 fully saturated rings. The molecule has 0 unspecified atom stereocenters. The highest BCUT2D eigenvalue weighted by atomic mass is 32.1. The summed E-state index contributed by atoms with van der Waals surface area (Å²) in [6.07, 6.45) is 0. The van der Waals surface area contributed by atoms with Crippen molar-refractivity contribution in [2.24, 2.45) is 0 Å². The molecular formula is C32H18OS. The molecule has 2 aromatic heterocycles. The number of fused-ring (bicyclic) bond motifs is 9. The molecule has 8 aromatic rings. The summed E-state index contributed by atoms with van der Waals surface area (Å²) >= 11 is 1.87. The molecule has 0 aliphatic heterocycles. The summed E-state index contributed by atoms with van der Waals surface area (Å²) in [6.45, 7) is 0. The van der Waals surface area contributed by atoms with E-state index in [1.165, 1.54) is 47.3 Å². The highest BCUT2D eigenvalue weighted by molar-refractivity contribution is 7.25. The second kappa shape index (κ2) is 6.69. The Morgan fingerprint density at radius 3 is 2.15 bits per heavy atom. The molecule has 0 aliphatic rings. The first-order chi connectivity index (χ1) is 16.8. The molecule has 34 heavy (non-hydrogen) atoms. The zero-order chi connectivity index (χ0) is 22.2. The van der Waals surface area contributed by atoms with Crippen molar-refractivity contribution in [3.05, 3.63) is 109 Å². The summed E-state index contributed by atoms with van der Waals surface area (Å²) in [5, 5.41) is 10.1. The Balaban J connectivity index is 1.58. The predicted molar refractivity (Wildman–Crippen MR) is 147 cm³/mol. The third-order valence-corrected chi connectivity index (χ3v) is 8.19. The maximum absolute atomic E-state index is 6.44. The van der Waals surface area contributed by atoms with Gasteiger partial charge in [0.1, 0.15) is 11.2 Å². The Labute approximate surface area is 199 Å². The quantitative estimate of drug-likeness (QED) is 0.227. The van der Waals surface area contributed by atoms with Gasteiger partial charge in [-0.15, -0.1) is 11.3 Å². The van der Waals surface area contributed by atoms with Crippen molar-refractivity contribution in [2.45, 2.75) is 0 Å². The molecule has 0 amide bonds. The van der Waals surface area contributed by atoms with Crippen LogP contribution < -0.4 is 0 Å². The summed E-state index contributed by atoms with van der Waals surface area (Å²) < 4.78 is 9.11. The minimum Gasteiger partial charge on any atom is -0.455 e. The van der Waals surface area contributed by atoms with Gasteiger partial charge in [-0.25, -0.2) is 0 Å². The molecule has 0 atom stereocenters. The van der Waals surface area contributed by atoms with Crippen LogP contribution in [0.5, 0.6) is 0 Å². The summed E-state index contributed by atoms with van der Waals surface area (Å²) in [5.74, 6) is 0. The second-order valence-electron chi connectivity index (χ2n) is 8.92. The van der Waals surface area contributed by atoms with E-state index in [-0.39, 0.29) is 0 Å². The standard InChI is InChI=1S/C32H18OS/c1-2-9-20-19(8-1)16-25(24-13-7-12-23-21-10-3-5-14-29(21)33-32(23)24)26-17-28-22-11-4-6-15-30(22)34-31(28)18-27(20)26/h1-18H. The van der Waals surface area contributed by atoms with Crippen molar-refractivity contribution in [2.75, 3.05) is 0 Å². The van der Waals surface area contributed by atoms with Gasteiger partial charge < -0.3 is 4.42 Å². The number of benzene rings is 6. The summed E-state index contributed by atoms with van der Waals surface area (Å²) in [7, 11) is 0. The Hall–Kier alpha value is -4.14. The normalized spacial score (nSPS) is 12.1. The molecule has 0 spiro atoms. The fourth-order valence-corrected chi connectivity index (χ4v) is 6.63. The zero-order valence-electron chi connectivity index (χ0n) is 18.2. The molecule has 0 saturated carbocycles. The molecular weight excluding hydrogens is 432 g/mol. The van der Waals surface area contributed by atoms with E-state index in [0.29, 0.717) is 0 Å². The van der Waals surface area contributed by atoms with Crippen molar-refractivity contribution < 1.29 is 4.42 Å². The van der Waals surface area contributed by atoms with E-state index in [9.17, 15) is 0 Å². The van der Waals surface area contributed by atoms with E-state index < -0.39 is 0 Å². The van der Waals surface area contributed by atoms with Crippen molar-refractivity contribution in [3.8, 4) is 11.1 Å². The Kier molecular flexibility index (Phi) is 3.60. The van der Waals surface area contributed by atoms with Crippen molar-refractivity contribution in [1.82, 2.24) is 0 Å². The molecule has 8 rings (SSSR count). The van der Waals surface area contributed by atoms with Crippen molar-refractivity contribution >= 4 is 75.0 Å². The van der Waals surface area contributed by atoms with Gasteiger partial charge in [0.15, 0.2) is 0 Å². The molecule has 1 nitrogen and oxygen atoms in total. The third kappa shape index (κ3) is 2.43. The van der Waals surface area contributed by atoms with Crippen LogP contribution in [0.25, 0.3) is 74.8 Å². The van der Waals surface area contributed by atoms with E-state index in [0.717, 1.165) is 27.5 Å². The number of furan rings is 1. The fourth-order valence-electron chi connectivity index (χ4n) is 5.50. The zero-order valence-corrected chi connectivity index (χ0v) is 19.0. The van der Waals surface area contributed by atoms with E-state index >= 15 is 0 Å². The van der Waals surface area contributed by atoms with Crippen LogP contribution in [-0.4, -0.2) is 0 Å². The number of thiophene rings is 1. The van der Waals surface area contributed by atoms with Gasteiger partial charge in [-0.05, 0) is 57.4 Å². The van der Waals surface area contributed by atoms with Crippen molar-refractivity contribution in [3.63, 3.8) is 0 Å². The minimum absolute atomic E-state index is 0.932. The van der Waals surface area contributed by atoms with Gasteiger partial charge in [-0.3, -0.25) is 0 Å². The lowest BCUT2D eigenvalue weighted by molar-refractivity contribution is 0.670.